The lowest BCUT2D eigenvalue weighted by molar-refractivity contribution is -0.0962. The molecule has 3 fully saturated rings. The maximum absolute atomic E-state index is 6.22. The second-order valence-corrected chi connectivity index (χ2v) is 5.53. The zero-order valence-electron chi connectivity index (χ0n) is 7.60. The third-order valence-electron chi connectivity index (χ3n) is 4.26. The number of hydrogen-bond donors (Lipinski definition) is 0. The Kier molecular flexibility index (Phi) is 1.55. The zero-order valence-corrected chi connectivity index (χ0v) is 8.36. The molecule has 3 aliphatic carbocycles. The van der Waals surface area contributed by atoms with E-state index in [1.807, 2.05) is 0 Å². The Hall–Kier alpha value is 0.290. The van der Waals surface area contributed by atoms with Crippen molar-refractivity contribution in [3.05, 3.63) is 0 Å². The van der Waals surface area contributed by atoms with Crippen molar-refractivity contribution in [3.8, 4) is 0 Å². The molecule has 0 aromatic carbocycles. The molecule has 3 saturated carbocycles. The van der Waals surface area contributed by atoms with Gasteiger partial charge in [-0.1, -0.05) is 20.8 Å². The van der Waals surface area contributed by atoms with E-state index in [-0.39, 0.29) is 0 Å². The van der Waals surface area contributed by atoms with E-state index in [2.05, 4.69) is 20.8 Å². The van der Waals surface area contributed by atoms with E-state index in [4.69, 9.17) is 11.6 Å². The van der Waals surface area contributed by atoms with E-state index in [1.165, 1.54) is 12.8 Å². The first kappa shape index (κ1) is 7.91. The Bertz CT molecular complexity index is 174. The van der Waals surface area contributed by atoms with Gasteiger partial charge in [-0.3, -0.25) is 0 Å². The smallest absolute Gasteiger partial charge is 0.0367 e. The van der Waals surface area contributed by atoms with Crippen LogP contribution in [0.1, 0.15) is 33.6 Å². The Morgan fingerprint density at radius 2 is 1.91 bits per heavy atom. The summed E-state index contributed by atoms with van der Waals surface area (Å²) in [6.45, 7) is 7.13. The lowest BCUT2D eigenvalue weighted by atomic mass is 9.46. The quantitative estimate of drug-likeness (QED) is 0.492. The SMILES string of the molecule is C[C@H]1[C@H](Cl)C[C@@H]2C[C@H]1C2(C)C. The number of fused-ring (bicyclic) bond motifs is 2. The Morgan fingerprint density at radius 3 is 2.27 bits per heavy atom. The van der Waals surface area contributed by atoms with Crippen LogP contribution in [0.5, 0.6) is 0 Å². The average molecular weight is 173 g/mol. The largest absolute Gasteiger partial charge is 0.123 e. The summed E-state index contributed by atoms with van der Waals surface area (Å²) in [6.07, 6.45) is 2.70. The molecule has 0 unspecified atom stereocenters. The van der Waals surface area contributed by atoms with Crippen LogP contribution in [0.4, 0.5) is 0 Å². The summed E-state index contributed by atoms with van der Waals surface area (Å²) in [5.74, 6) is 2.58. The molecule has 0 N–H and O–H groups in total. The fourth-order valence-corrected chi connectivity index (χ4v) is 3.48. The normalized spacial score (nSPS) is 53.5. The van der Waals surface area contributed by atoms with E-state index in [0.717, 1.165) is 17.8 Å². The monoisotopic (exact) mass is 172 g/mol. The molecule has 1 heteroatoms. The second kappa shape index (κ2) is 2.16. The highest BCUT2D eigenvalue weighted by Crippen LogP contribution is 2.62. The van der Waals surface area contributed by atoms with Crippen molar-refractivity contribution >= 4 is 11.6 Å². The van der Waals surface area contributed by atoms with Gasteiger partial charge in [0, 0.05) is 5.38 Å². The lowest BCUT2D eigenvalue weighted by Gasteiger charge is -2.61. The zero-order chi connectivity index (χ0) is 8.22. The van der Waals surface area contributed by atoms with Gasteiger partial charge in [0.1, 0.15) is 0 Å². The molecule has 0 aromatic heterocycles. The number of halogens is 1. The van der Waals surface area contributed by atoms with Crippen LogP contribution in [0.3, 0.4) is 0 Å². The van der Waals surface area contributed by atoms with E-state index in [0.29, 0.717) is 10.8 Å². The van der Waals surface area contributed by atoms with Gasteiger partial charge in [0.05, 0.1) is 0 Å². The van der Waals surface area contributed by atoms with Crippen molar-refractivity contribution in [1.29, 1.82) is 0 Å². The van der Waals surface area contributed by atoms with E-state index in [1.54, 1.807) is 0 Å². The minimum Gasteiger partial charge on any atom is -0.123 e. The molecule has 0 aromatic rings. The first-order chi connectivity index (χ1) is 5.03. The Labute approximate surface area is 74.3 Å². The third kappa shape index (κ3) is 0.884. The van der Waals surface area contributed by atoms with Crippen LogP contribution in [-0.2, 0) is 0 Å². The molecule has 64 valence electrons. The second-order valence-electron chi connectivity index (χ2n) is 4.97. The highest BCUT2D eigenvalue weighted by molar-refractivity contribution is 6.20. The molecule has 0 amide bonds. The van der Waals surface area contributed by atoms with E-state index < -0.39 is 0 Å². The number of rotatable bonds is 0. The maximum Gasteiger partial charge on any atom is 0.0367 e. The first-order valence-electron chi connectivity index (χ1n) is 4.67. The van der Waals surface area contributed by atoms with Crippen LogP contribution in [-0.4, -0.2) is 5.38 Å². The van der Waals surface area contributed by atoms with Gasteiger partial charge in [-0.25, -0.2) is 0 Å². The molecule has 4 atom stereocenters. The van der Waals surface area contributed by atoms with Gasteiger partial charge in [0.2, 0.25) is 0 Å². The van der Waals surface area contributed by atoms with Gasteiger partial charge in [-0.2, -0.15) is 0 Å². The molecule has 0 saturated heterocycles. The summed E-state index contributed by atoms with van der Waals surface area (Å²) in [6, 6.07) is 0. The Morgan fingerprint density at radius 1 is 1.27 bits per heavy atom. The van der Waals surface area contributed by atoms with Crippen LogP contribution in [0.15, 0.2) is 0 Å². The summed E-state index contributed by atoms with van der Waals surface area (Å²) in [4.78, 5) is 0. The van der Waals surface area contributed by atoms with E-state index in [9.17, 15) is 0 Å². The summed E-state index contributed by atoms with van der Waals surface area (Å²) < 4.78 is 0. The molecule has 3 rings (SSSR count). The molecule has 0 nitrogen and oxygen atoms in total. The van der Waals surface area contributed by atoms with Crippen molar-refractivity contribution in [2.75, 3.05) is 0 Å². The molecular weight excluding hydrogens is 156 g/mol. The highest BCUT2D eigenvalue weighted by Gasteiger charge is 2.55. The van der Waals surface area contributed by atoms with Crippen molar-refractivity contribution in [2.24, 2.45) is 23.2 Å². The molecule has 0 spiro atoms. The van der Waals surface area contributed by atoms with Crippen LogP contribution < -0.4 is 0 Å². The van der Waals surface area contributed by atoms with E-state index >= 15 is 0 Å². The molecule has 0 heterocycles. The summed E-state index contributed by atoms with van der Waals surface area (Å²) in [5.41, 5.74) is 0.602. The molecule has 3 aliphatic rings. The number of alkyl halides is 1. The van der Waals surface area contributed by atoms with Crippen LogP contribution in [0.25, 0.3) is 0 Å². The van der Waals surface area contributed by atoms with Crippen LogP contribution in [0.2, 0.25) is 0 Å². The third-order valence-corrected chi connectivity index (χ3v) is 4.84. The van der Waals surface area contributed by atoms with Crippen molar-refractivity contribution in [1.82, 2.24) is 0 Å². The fourth-order valence-electron chi connectivity index (χ4n) is 3.09. The average Bonchev–Trinajstić information content (AvgIpc) is 1.93. The number of hydrogen-bond acceptors (Lipinski definition) is 0. The van der Waals surface area contributed by atoms with Gasteiger partial charge in [0.25, 0.3) is 0 Å². The summed E-state index contributed by atoms with van der Waals surface area (Å²) in [7, 11) is 0. The standard InChI is InChI=1S/C10H17Cl/c1-6-8-4-7(5-9(6)11)10(8,2)3/h6-9H,4-5H2,1-3H3/t6-,7+,8-,9-/m1/s1. The molecule has 11 heavy (non-hydrogen) atoms. The molecule has 2 bridgehead atoms. The van der Waals surface area contributed by atoms with Gasteiger partial charge in [0.15, 0.2) is 0 Å². The maximum atomic E-state index is 6.22. The van der Waals surface area contributed by atoms with Crippen LogP contribution >= 0.6 is 11.6 Å². The first-order valence-corrected chi connectivity index (χ1v) is 5.11. The van der Waals surface area contributed by atoms with Crippen molar-refractivity contribution in [3.63, 3.8) is 0 Å². The minimum absolute atomic E-state index is 0.465. The highest BCUT2D eigenvalue weighted by atomic mass is 35.5. The summed E-state index contributed by atoms with van der Waals surface area (Å²) in [5, 5.41) is 0.465. The van der Waals surface area contributed by atoms with Crippen molar-refractivity contribution < 1.29 is 0 Å². The minimum atomic E-state index is 0.465. The molecule has 0 radical (unpaired) electrons. The topological polar surface area (TPSA) is 0 Å². The van der Waals surface area contributed by atoms with Crippen LogP contribution in [0, 0.1) is 23.2 Å². The van der Waals surface area contributed by atoms with Gasteiger partial charge >= 0.3 is 0 Å². The van der Waals surface area contributed by atoms with Gasteiger partial charge in [-0.15, -0.1) is 11.6 Å². The fraction of sp³-hybridized carbons (Fsp3) is 1.00. The Balaban J connectivity index is 2.17. The van der Waals surface area contributed by atoms with Crippen molar-refractivity contribution in [2.45, 2.75) is 39.0 Å². The molecular formula is C10H17Cl. The lowest BCUT2D eigenvalue weighted by Crippen LogP contribution is -2.55. The predicted octanol–water partition coefficient (Wildman–Crippen LogP) is 3.30. The van der Waals surface area contributed by atoms with Gasteiger partial charge in [-0.05, 0) is 36.0 Å². The predicted molar refractivity (Wildman–Crippen MR) is 48.8 cm³/mol. The molecule has 0 aliphatic heterocycles. The van der Waals surface area contributed by atoms with Gasteiger partial charge < -0.3 is 0 Å². The summed E-state index contributed by atoms with van der Waals surface area (Å²) >= 11 is 6.22.